The van der Waals surface area contributed by atoms with Gasteiger partial charge in [0.15, 0.2) is 11.5 Å². The van der Waals surface area contributed by atoms with Gasteiger partial charge in [-0.3, -0.25) is 14.4 Å². The molecule has 0 bridgehead atoms. The molecule has 0 radical (unpaired) electrons. The lowest BCUT2D eigenvalue weighted by Gasteiger charge is -2.19. The number of carbonyl (C=O) groups is 2. The molecule has 218 valence electrons. The number of methoxy groups -OCH3 is 4. The summed E-state index contributed by atoms with van der Waals surface area (Å²) < 4.78 is 22.0. The molecule has 10 nitrogen and oxygen atoms in total. The van der Waals surface area contributed by atoms with Gasteiger partial charge in [0, 0.05) is 39.1 Å². The molecular formula is C30H41N3O7. The predicted octanol–water partition coefficient (Wildman–Crippen LogP) is 3.60. The molecule has 1 aliphatic carbocycles. The van der Waals surface area contributed by atoms with Crippen molar-refractivity contribution in [2.45, 2.75) is 51.5 Å². The number of fused-ring (bicyclic) bond motifs is 3. The topological polar surface area (TPSA) is 124 Å². The Morgan fingerprint density at radius 3 is 2.40 bits per heavy atom. The molecule has 2 aromatic rings. The van der Waals surface area contributed by atoms with Gasteiger partial charge in [-0.15, -0.1) is 0 Å². The van der Waals surface area contributed by atoms with E-state index < -0.39 is 0 Å². The maximum Gasteiger partial charge on any atom is 0.220 e. The highest BCUT2D eigenvalue weighted by Gasteiger charge is 2.29. The van der Waals surface area contributed by atoms with Gasteiger partial charge < -0.3 is 34.9 Å². The lowest BCUT2D eigenvalue weighted by molar-refractivity contribution is -0.121. The molecule has 3 rings (SSSR count). The Bertz CT molecular complexity index is 1250. The predicted molar refractivity (Wildman–Crippen MR) is 155 cm³/mol. The van der Waals surface area contributed by atoms with Crippen molar-refractivity contribution in [2.24, 2.45) is 0 Å². The monoisotopic (exact) mass is 555 g/mol. The number of benzene rings is 1. The van der Waals surface area contributed by atoms with E-state index >= 15 is 0 Å². The van der Waals surface area contributed by atoms with Crippen LogP contribution >= 0.6 is 0 Å². The number of ether oxygens (including phenoxy) is 4. The van der Waals surface area contributed by atoms with Crippen molar-refractivity contribution in [3.8, 4) is 28.4 Å². The molecule has 0 saturated carbocycles. The molecule has 40 heavy (non-hydrogen) atoms. The second-order valence-electron chi connectivity index (χ2n) is 9.68. The quantitative estimate of drug-likeness (QED) is 0.302. The van der Waals surface area contributed by atoms with Gasteiger partial charge in [0.05, 0.1) is 39.7 Å². The van der Waals surface area contributed by atoms with Crippen LogP contribution in [0, 0.1) is 0 Å². The summed E-state index contributed by atoms with van der Waals surface area (Å²) in [6.45, 7) is 3.07. The third kappa shape index (κ3) is 7.65. The first-order chi connectivity index (χ1) is 19.3. The SMILES string of the molecule is COCCNC(=O)CCCCCNc1ccc2c(cc1=O)[C@H](NC(C)=O)CCc1cc(OC)c(OC)c(OC)c1-2. The molecule has 0 unspecified atom stereocenters. The molecule has 2 amide bonds. The minimum Gasteiger partial charge on any atom is -0.493 e. The van der Waals surface area contributed by atoms with Crippen molar-refractivity contribution in [1.82, 2.24) is 10.6 Å². The normalized spacial score (nSPS) is 13.8. The summed E-state index contributed by atoms with van der Waals surface area (Å²) in [5.74, 6) is 1.38. The molecule has 0 fully saturated rings. The first-order valence-corrected chi connectivity index (χ1v) is 13.6. The van der Waals surface area contributed by atoms with Crippen LogP contribution < -0.4 is 35.6 Å². The van der Waals surface area contributed by atoms with Crippen LogP contribution in [-0.4, -0.2) is 59.9 Å². The van der Waals surface area contributed by atoms with Gasteiger partial charge in [0.1, 0.15) is 0 Å². The average molecular weight is 556 g/mol. The van der Waals surface area contributed by atoms with E-state index in [4.69, 9.17) is 18.9 Å². The van der Waals surface area contributed by atoms with Crippen LogP contribution in [0.15, 0.2) is 29.1 Å². The Labute approximate surface area is 235 Å². The van der Waals surface area contributed by atoms with Crippen molar-refractivity contribution < 1.29 is 28.5 Å². The molecule has 3 N–H and O–H groups in total. The molecule has 0 heterocycles. The molecule has 1 atom stereocenters. The number of hydrogen-bond donors (Lipinski definition) is 3. The number of nitrogens with one attached hydrogen (secondary N) is 3. The first-order valence-electron chi connectivity index (χ1n) is 13.6. The Morgan fingerprint density at radius 2 is 1.73 bits per heavy atom. The maximum atomic E-state index is 13.3. The number of anilines is 1. The average Bonchev–Trinajstić information content (AvgIpc) is 3.18. The second-order valence-corrected chi connectivity index (χ2v) is 9.68. The third-order valence-corrected chi connectivity index (χ3v) is 6.94. The molecule has 1 aliphatic rings. The molecular weight excluding hydrogens is 514 g/mol. The second kappa shape index (κ2) is 15.1. The fraction of sp³-hybridized carbons (Fsp3) is 0.500. The minimum absolute atomic E-state index is 0.0159. The largest absolute Gasteiger partial charge is 0.493 e. The van der Waals surface area contributed by atoms with Crippen molar-refractivity contribution in [3.05, 3.63) is 45.6 Å². The van der Waals surface area contributed by atoms with Crippen LogP contribution in [0.25, 0.3) is 11.1 Å². The summed E-state index contributed by atoms with van der Waals surface area (Å²) >= 11 is 0. The summed E-state index contributed by atoms with van der Waals surface area (Å²) in [5.41, 5.74) is 3.59. The number of aryl methyl sites for hydroxylation is 1. The Hall–Kier alpha value is -3.79. The van der Waals surface area contributed by atoms with E-state index in [0.717, 1.165) is 41.5 Å². The van der Waals surface area contributed by atoms with Crippen molar-refractivity contribution in [1.29, 1.82) is 0 Å². The van der Waals surface area contributed by atoms with Crippen LogP contribution in [0.5, 0.6) is 17.2 Å². The van der Waals surface area contributed by atoms with Crippen LogP contribution in [0.1, 0.15) is 56.2 Å². The van der Waals surface area contributed by atoms with Crippen molar-refractivity contribution in [2.75, 3.05) is 53.5 Å². The zero-order chi connectivity index (χ0) is 29.1. The highest BCUT2D eigenvalue weighted by atomic mass is 16.5. The van der Waals surface area contributed by atoms with E-state index in [1.807, 2.05) is 12.1 Å². The van der Waals surface area contributed by atoms with E-state index in [1.54, 1.807) is 40.6 Å². The lowest BCUT2D eigenvalue weighted by Crippen LogP contribution is -2.26. The van der Waals surface area contributed by atoms with Gasteiger partial charge in [-0.05, 0) is 60.6 Å². The summed E-state index contributed by atoms with van der Waals surface area (Å²) in [6, 6.07) is 6.86. The van der Waals surface area contributed by atoms with E-state index in [-0.39, 0.29) is 23.3 Å². The molecule has 2 aromatic carbocycles. The van der Waals surface area contributed by atoms with Gasteiger partial charge in [0.25, 0.3) is 0 Å². The standard InChI is InChI=1S/C30H41N3O7/c1-19(34)33-23-12-10-20-17-26(38-3)29(39-4)30(40-5)28(20)21-11-13-24(25(35)18-22(21)23)31-14-8-6-7-9-27(36)32-15-16-37-2/h11,13,17-18,23H,6-10,12,14-16H2,1-5H3,(H,31,35)(H,32,36)(H,33,34)/t23-/m1/s1. The highest BCUT2D eigenvalue weighted by Crippen LogP contribution is 2.50. The zero-order valence-corrected chi connectivity index (χ0v) is 24.1. The van der Waals surface area contributed by atoms with Gasteiger partial charge in [-0.2, -0.15) is 0 Å². The van der Waals surface area contributed by atoms with E-state index in [9.17, 15) is 14.4 Å². The molecule has 0 spiro atoms. The Balaban J connectivity index is 1.87. The first kappa shape index (κ1) is 30.7. The van der Waals surface area contributed by atoms with Gasteiger partial charge in [-0.1, -0.05) is 12.5 Å². The fourth-order valence-corrected chi connectivity index (χ4v) is 5.05. The van der Waals surface area contributed by atoms with Gasteiger partial charge in [-0.25, -0.2) is 0 Å². The Morgan fingerprint density at radius 1 is 0.950 bits per heavy atom. The third-order valence-electron chi connectivity index (χ3n) is 6.94. The van der Waals surface area contributed by atoms with E-state index in [1.165, 1.54) is 6.92 Å². The number of unbranched alkanes of at least 4 members (excludes halogenated alkanes) is 2. The van der Waals surface area contributed by atoms with Gasteiger partial charge in [0.2, 0.25) is 23.0 Å². The zero-order valence-electron chi connectivity index (χ0n) is 24.1. The molecule has 0 saturated heterocycles. The molecule has 0 aliphatic heterocycles. The minimum atomic E-state index is -0.357. The lowest BCUT2D eigenvalue weighted by atomic mass is 9.95. The van der Waals surface area contributed by atoms with Crippen LogP contribution in [0.4, 0.5) is 5.69 Å². The number of carbonyl (C=O) groups excluding carboxylic acids is 2. The van der Waals surface area contributed by atoms with Crippen molar-refractivity contribution >= 4 is 17.5 Å². The fourth-order valence-electron chi connectivity index (χ4n) is 5.05. The van der Waals surface area contributed by atoms with E-state index in [2.05, 4.69) is 16.0 Å². The van der Waals surface area contributed by atoms with Crippen LogP contribution in [0.3, 0.4) is 0 Å². The number of amides is 2. The van der Waals surface area contributed by atoms with Gasteiger partial charge >= 0.3 is 0 Å². The van der Waals surface area contributed by atoms with Crippen LogP contribution in [0.2, 0.25) is 0 Å². The highest BCUT2D eigenvalue weighted by molar-refractivity contribution is 5.83. The number of rotatable bonds is 14. The smallest absolute Gasteiger partial charge is 0.220 e. The summed E-state index contributed by atoms with van der Waals surface area (Å²) in [6.07, 6.45) is 4.13. The van der Waals surface area contributed by atoms with Crippen LogP contribution in [-0.2, 0) is 20.7 Å². The Kier molecular flexibility index (Phi) is 11.6. The molecule has 0 aromatic heterocycles. The van der Waals surface area contributed by atoms with Crippen molar-refractivity contribution in [3.63, 3.8) is 0 Å². The molecule has 10 heteroatoms. The number of hydrogen-bond acceptors (Lipinski definition) is 8. The van der Waals surface area contributed by atoms with E-state index in [0.29, 0.717) is 61.9 Å². The summed E-state index contributed by atoms with van der Waals surface area (Å²) in [5, 5.41) is 9.09. The summed E-state index contributed by atoms with van der Waals surface area (Å²) in [7, 11) is 6.31. The maximum absolute atomic E-state index is 13.3. The summed E-state index contributed by atoms with van der Waals surface area (Å²) in [4.78, 5) is 37.3.